The van der Waals surface area contributed by atoms with E-state index >= 15 is 0 Å². The van der Waals surface area contributed by atoms with Crippen LogP contribution in [0.25, 0.3) is 0 Å². The highest BCUT2D eigenvalue weighted by Crippen LogP contribution is 2.41. The van der Waals surface area contributed by atoms with E-state index in [0.717, 1.165) is 29.5 Å². The molecule has 0 aliphatic rings. The van der Waals surface area contributed by atoms with Crippen LogP contribution in [0.1, 0.15) is 88.1 Å². The summed E-state index contributed by atoms with van der Waals surface area (Å²) in [5, 5.41) is 29.1. The lowest BCUT2D eigenvalue weighted by Crippen LogP contribution is -2.26. The van der Waals surface area contributed by atoms with Gasteiger partial charge in [-0.1, -0.05) is 70.7 Å². The summed E-state index contributed by atoms with van der Waals surface area (Å²) in [5.41, 5.74) is 4.94. The first kappa shape index (κ1) is 29.4. The average Bonchev–Trinajstić information content (AvgIpc) is 2.82. The SMILES string of the molecule is CCC(CC)(c1ccc(C#CC(O)C(C)(C)C)c(C)c1)c1ccc(OC[C@@H](O)CCC(=O)O)c(C)c1. The van der Waals surface area contributed by atoms with Gasteiger partial charge in [0, 0.05) is 17.4 Å². The Kier molecular flexibility index (Phi) is 10.2. The van der Waals surface area contributed by atoms with Gasteiger partial charge in [0.25, 0.3) is 0 Å². The number of aryl methyl sites for hydroxylation is 2. The van der Waals surface area contributed by atoms with Crippen molar-refractivity contribution in [2.45, 2.75) is 91.8 Å². The van der Waals surface area contributed by atoms with Gasteiger partial charge in [-0.25, -0.2) is 0 Å². The lowest BCUT2D eigenvalue weighted by molar-refractivity contribution is -0.137. The average molecular weight is 495 g/mol. The van der Waals surface area contributed by atoms with Crippen molar-refractivity contribution < 1.29 is 24.9 Å². The molecular weight excluding hydrogens is 452 g/mol. The molecule has 0 heterocycles. The molecule has 2 rings (SSSR count). The van der Waals surface area contributed by atoms with Gasteiger partial charge in [-0.15, -0.1) is 0 Å². The standard InChI is InChI=1S/C31H42O5/c1-8-31(9-2,24-12-10-23(21(3)18-24)11-16-28(33)30(5,6)7)25-13-15-27(22(4)19-25)36-20-26(32)14-17-29(34)35/h10,12-13,15,18-19,26,28,32-33H,8-9,14,17,20H2,1-7H3,(H,34,35)/t26-,28?/m0/s1. The van der Waals surface area contributed by atoms with E-state index in [-0.39, 0.29) is 30.3 Å². The van der Waals surface area contributed by atoms with Crippen LogP contribution in [0.3, 0.4) is 0 Å². The zero-order valence-corrected chi connectivity index (χ0v) is 22.8. The summed E-state index contributed by atoms with van der Waals surface area (Å²) in [4.78, 5) is 10.7. The summed E-state index contributed by atoms with van der Waals surface area (Å²) in [6.45, 7) is 14.4. The molecule has 36 heavy (non-hydrogen) atoms. The third-order valence-electron chi connectivity index (χ3n) is 7.00. The molecule has 1 unspecified atom stereocenters. The third-order valence-corrected chi connectivity index (χ3v) is 7.00. The van der Waals surface area contributed by atoms with E-state index in [4.69, 9.17) is 9.84 Å². The van der Waals surface area contributed by atoms with Gasteiger partial charge < -0.3 is 20.1 Å². The lowest BCUT2D eigenvalue weighted by atomic mass is 9.70. The molecule has 0 aromatic heterocycles. The molecule has 5 heteroatoms. The van der Waals surface area contributed by atoms with Crippen LogP contribution in [-0.4, -0.2) is 40.1 Å². The summed E-state index contributed by atoms with van der Waals surface area (Å²) >= 11 is 0. The Morgan fingerprint density at radius 2 is 1.56 bits per heavy atom. The van der Waals surface area contributed by atoms with Crippen molar-refractivity contribution in [2.75, 3.05) is 6.61 Å². The second-order valence-electron chi connectivity index (χ2n) is 10.7. The van der Waals surface area contributed by atoms with Crippen LogP contribution in [-0.2, 0) is 10.2 Å². The van der Waals surface area contributed by atoms with E-state index < -0.39 is 18.2 Å². The molecule has 0 amide bonds. The molecular formula is C31H42O5. The minimum atomic E-state index is -0.928. The predicted molar refractivity (Wildman–Crippen MR) is 144 cm³/mol. The number of aliphatic hydroxyl groups is 2. The first-order valence-corrected chi connectivity index (χ1v) is 12.8. The van der Waals surface area contributed by atoms with Gasteiger partial charge in [-0.2, -0.15) is 0 Å². The van der Waals surface area contributed by atoms with Crippen molar-refractivity contribution in [3.05, 3.63) is 64.2 Å². The molecule has 0 fully saturated rings. The second kappa shape index (κ2) is 12.4. The van der Waals surface area contributed by atoms with Gasteiger partial charge in [0.15, 0.2) is 0 Å². The van der Waals surface area contributed by atoms with E-state index in [9.17, 15) is 15.0 Å². The maximum absolute atomic E-state index is 10.7. The first-order chi connectivity index (χ1) is 16.8. The molecule has 2 atom stereocenters. The summed E-state index contributed by atoms with van der Waals surface area (Å²) in [6.07, 6.45) is 0.410. The first-order valence-electron chi connectivity index (χ1n) is 12.8. The van der Waals surface area contributed by atoms with Gasteiger partial charge in [-0.05, 0) is 72.9 Å². The topological polar surface area (TPSA) is 87.0 Å². The molecule has 2 aromatic carbocycles. The number of hydrogen-bond donors (Lipinski definition) is 3. The maximum atomic E-state index is 10.7. The van der Waals surface area contributed by atoms with Crippen molar-refractivity contribution in [2.24, 2.45) is 5.41 Å². The predicted octanol–water partition coefficient (Wildman–Crippen LogP) is 5.77. The number of rotatable bonds is 10. The van der Waals surface area contributed by atoms with Crippen LogP contribution >= 0.6 is 0 Å². The highest BCUT2D eigenvalue weighted by atomic mass is 16.5. The summed E-state index contributed by atoms with van der Waals surface area (Å²) in [7, 11) is 0. The summed E-state index contributed by atoms with van der Waals surface area (Å²) in [5.74, 6) is 5.91. The fourth-order valence-corrected chi connectivity index (χ4v) is 4.37. The number of carboxylic acid groups (broad SMARTS) is 1. The Hall–Kier alpha value is -2.81. The van der Waals surface area contributed by atoms with Crippen molar-refractivity contribution >= 4 is 5.97 Å². The van der Waals surface area contributed by atoms with Gasteiger partial charge in [0.05, 0.1) is 6.10 Å². The van der Waals surface area contributed by atoms with E-state index in [1.54, 1.807) is 0 Å². The van der Waals surface area contributed by atoms with Gasteiger partial charge in [0.2, 0.25) is 0 Å². The Bertz CT molecular complexity index is 1100. The number of aliphatic carboxylic acids is 1. The Labute approximate surface area is 216 Å². The smallest absolute Gasteiger partial charge is 0.303 e. The van der Waals surface area contributed by atoms with Crippen molar-refractivity contribution in [3.8, 4) is 17.6 Å². The molecule has 0 saturated heterocycles. The van der Waals surface area contributed by atoms with Crippen molar-refractivity contribution in [1.29, 1.82) is 0 Å². The monoisotopic (exact) mass is 494 g/mol. The van der Waals surface area contributed by atoms with Gasteiger partial charge in [0.1, 0.15) is 18.5 Å². The van der Waals surface area contributed by atoms with Gasteiger partial charge >= 0.3 is 5.97 Å². The molecule has 0 saturated carbocycles. The molecule has 0 radical (unpaired) electrons. The number of carbonyl (C=O) groups is 1. The van der Waals surface area contributed by atoms with Crippen LogP contribution < -0.4 is 4.74 Å². The summed E-state index contributed by atoms with van der Waals surface area (Å²) in [6, 6.07) is 12.6. The van der Waals surface area contributed by atoms with Crippen LogP contribution in [0.2, 0.25) is 0 Å². The molecule has 0 aliphatic heterocycles. The highest BCUT2D eigenvalue weighted by molar-refractivity contribution is 5.66. The van der Waals surface area contributed by atoms with E-state index in [1.165, 1.54) is 11.1 Å². The number of hydrogen-bond acceptors (Lipinski definition) is 4. The molecule has 2 aromatic rings. The van der Waals surface area contributed by atoms with E-state index in [1.807, 2.05) is 33.8 Å². The summed E-state index contributed by atoms with van der Waals surface area (Å²) < 4.78 is 5.80. The number of ether oxygens (including phenoxy) is 1. The minimum Gasteiger partial charge on any atom is -0.491 e. The molecule has 3 N–H and O–H groups in total. The van der Waals surface area contributed by atoms with Crippen LogP contribution in [0.5, 0.6) is 5.75 Å². The molecule has 0 spiro atoms. The lowest BCUT2D eigenvalue weighted by Gasteiger charge is -2.34. The molecule has 0 aliphatic carbocycles. The quantitative estimate of drug-likeness (QED) is 0.365. The Morgan fingerprint density at radius 1 is 0.972 bits per heavy atom. The third kappa shape index (κ3) is 7.35. The fraction of sp³-hybridized carbons (Fsp3) is 0.516. The van der Waals surface area contributed by atoms with E-state index in [0.29, 0.717) is 5.75 Å². The van der Waals surface area contributed by atoms with Crippen LogP contribution in [0, 0.1) is 31.1 Å². The minimum absolute atomic E-state index is 0.0613. The Balaban J connectivity index is 2.31. The number of benzene rings is 2. The number of carboxylic acids is 1. The Morgan fingerprint density at radius 3 is 2.06 bits per heavy atom. The molecule has 196 valence electrons. The maximum Gasteiger partial charge on any atom is 0.303 e. The zero-order chi connectivity index (χ0) is 27.1. The van der Waals surface area contributed by atoms with Crippen molar-refractivity contribution in [1.82, 2.24) is 0 Å². The molecule has 5 nitrogen and oxygen atoms in total. The number of aliphatic hydroxyl groups excluding tert-OH is 2. The van der Waals surface area contributed by atoms with Gasteiger partial charge in [-0.3, -0.25) is 4.79 Å². The zero-order valence-electron chi connectivity index (χ0n) is 22.8. The second-order valence-corrected chi connectivity index (χ2v) is 10.7. The largest absolute Gasteiger partial charge is 0.491 e. The van der Waals surface area contributed by atoms with Crippen LogP contribution in [0.15, 0.2) is 36.4 Å². The fourth-order valence-electron chi connectivity index (χ4n) is 4.37. The van der Waals surface area contributed by atoms with Crippen molar-refractivity contribution in [3.63, 3.8) is 0 Å². The van der Waals surface area contributed by atoms with Crippen LogP contribution in [0.4, 0.5) is 0 Å². The van der Waals surface area contributed by atoms with E-state index in [2.05, 4.69) is 62.9 Å². The highest BCUT2D eigenvalue weighted by Gasteiger charge is 2.31. The molecule has 0 bridgehead atoms. The normalized spacial score (nSPS) is 13.5.